The number of aryl methyl sites for hydroxylation is 1. The number of rotatable bonds is 5. The Kier molecular flexibility index (Phi) is 4.79. The standard InChI is InChI=1S/C12H17N3O3/c1-4-9-5-6-10(7-11(9)15(17)18)14-12(16)8(2)13-3/h5-8,13H,4H2,1-3H3,(H,14,16). The lowest BCUT2D eigenvalue weighted by molar-refractivity contribution is -0.385. The fourth-order valence-corrected chi connectivity index (χ4v) is 1.49. The van der Waals surface area contributed by atoms with Crippen LogP contribution in [0.15, 0.2) is 18.2 Å². The predicted molar refractivity (Wildman–Crippen MR) is 69.6 cm³/mol. The molecule has 0 spiro atoms. The molecule has 0 radical (unpaired) electrons. The molecule has 0 aliphatic heterocycles. The molecule has 98 valence electrons. The van der Waals surface area contributed by atoms with Crippen LogP contribution in [0.5, 0.6) is 0 Å². The number of nitro benzene ring substituents is 1. The summed E-state index contributed by atoms with van der Waals surface area (Å²) in [5, 5.41) is 16.3. The number of hydrogen-bond donors (Lipinski definition) is 2. The van der Waals surface area contributed by atoms with Crippen molar-refractivity contribution in [2.75, 3.05) is 12.4 Å². The minimum absolute atomic E-state index is 0.0346. The molecule has 0 aliphatic rings. The molecule has 0 bridgehead atoms. The Morgan fingerprint density at radius 2 is 2.17 bits per heavy atom. The molecule has 18 heavy (non-hydrogen) atoms. The summed E-state index contributed by atoms with van der Waals surface area (Å²) in [4.78, 5) is 22.1. The van der Waals surface area contributed by atoms with E-state index in [-0.39, 0.29) is 17.6 Å². The van der Waals surface area contributed by atoms with Crippen LogP contribution in [-0.2, 0) is 11.2 Å². The van der Waals surface area contributed by atoms with Crippen LogP contribution < -0.4 is 10.6 Å². The molecule has 6 heteroatoms. The minimum Gasteiger partial charge on any atom is -0.324 e. The van der Waals surface area contributed by atoms with Gasteiger partial charge in [0, 0.05) is 17.3 Å². The highest BCUT2D eigenvalue weighted by atomic mass is 16.6. The third kappa shape index (κ3) is 3.27. The molecule has 0 heterocycles. The molecule has 1 aromatic carbocycles. The maximum atomic E-state index is 11.6. The molecular weight excluding hydrogens is 234 g/mol. The van der Waals surface area contributed by atoms with E-state index in [2.05, 4.69) is 10.6 Å². The first kappa shape index (κ1) is 14.1. The highest BCUT2D eigenvalue weighted by Gasteiger charge is 2.15. The van der Waals surface area contributed by atoms with Gasteiger partial charge in [-0.2, -0.15) is 0 Å². The highest BCUT2D eigenvalue weighted by Crippen LogP contribution is 2.23. The lowest BCUT2D eigenvalue weighted by atomic mass is 10.1. The van der Waals surface area contributed by atoms with Crippen molar-refractivity contribution in [3.05, 3.63) is 33.9 Å². The first-order valence-electron chi connectivity index (χ1n) is 5.75. The largest absolute Gasteiger partial charge is 0.324 e. The van der Waals surface area contributed by atoms with Crippen molar-refractivity contribution in [2.24, 2.45) is 0 Å². The SMILES string of the molecule is CCc1ccc(NC(=O)C(C)NC)cc1[N+](=O)[O-]. The quantitative estimate of drug-likeness (QED) is 0.616. The molecule has 1 unspecified atom stereocenters. The molecule has 1 amide bonds. The van der Waals surface area contributed by atoms with E-state index < -0.39 is 4.92 Å². The summed E-state index contributed by atoms with van der Waals surface area (Å²) in [6, 6.07) is 4.37. The van der Waals surface area contributed by atoms with Crippen molar-refractivity contribution in [3.63, 3.8) is 0 Å². The van der Waals surface area contributed by atoms with Gasteiger partial charge in [-0.05, 0) is 26.5 Å². The van der Waals surface area contributed by atoms with Crippen LogP contribution >= 0.6 is 0 Å². The second kappa shape index (κ2) is 6.11. The van der Waals surface area contributed by atoms with Crippen LogP contribution in [0.1, 0.15) is 19.4 Å². The van der Waals surface area contributed by atoms with Gasteiger partial charge in [0.15, 0.2) is 0 Å². The Hall–Kier alpha value is -1.95. The monoisotopic (exact) mass is 251 g/mol. The maximum Gasteiger partial charge on any atom is 0.274 e. The average Bonchev–Trinajstić information content (AvgIpc) is 2.37. The summed E-state index contributed by atoms with van der Waals surface area (Å²) in [6.07, 6.45) is 0.581. The molecule has 0 fully saturated rings. The lowest BCUT2D eigenvalue weighted by Crippen LogP contribution is -2.35. The fourth-order valence-electron chi connectivity index (χ4n) is 1.49. The van der Waals surface area contributed by atoms with Crippen molar-refractivity contribution in [3.8, 4) is 0 Å². The van der Waals surface area contributed by atoms with E-state index in [1.807, 2.05) is 6.92 Å². The van der Waals surface area contributed by atoms with Crippen LogP contribution in [-0.4, -0.2) is 23.9 Å². The van der Waals surface area contributed by atoms with Crippen molar-refractivity contribution in [1.82, 2.24) is 5.32 Å². The van der Waals surface area contributed by atoms with Crippen molar-refractivity contribution in [2.45, 2.75) is 26.3 Å². The van der Waals surface area contributed by atoms with Gasteiger partial charge in [-0.3, -0.25) is 14.9 Å². The molecule has 0 saturated carbocycles. The van der Waals surface area contributed by atoms with E-state index in [0.717, 1.165) is 0 Å². The van der Waals surface area contributed by atoms with E-state index in [0.29, 0.717) is 17.7 Å². The normalized spacial score (nSPS) is 11.9. The summed E-state index contributed by atoms with van der Waals surface area (Å²) in [5.41, 5.74) is 1.12. The van der Waals surface area contributed by atoms with Crippen molar-refractivity contribution >= 4 is 17.3 Å². The molecule has 1 aromatic rings. The highest BCUT2D eigenvalue weighted by molar-refractivity contribution is 5.94. The van der Waals surface area contributed by atoms with Crippen LogP contribution in [0.3, 0.4) is 0 Å². The Balaban J connectivity index is 2.95. The minimum atomic E-state index is -0.435. The molecule has 1 atom stereocenters. The number of nitrogens with one attached hydrogen (secondary N) is 2. The lowest BCUT2D eigenvalue weighted by Gasteiger charge is -2.11. The van der Waals surface area contributed by atoms with Gasteiger partial charge < -0.3 is 10.6 Å². The van der Waals surface area contributed by atoms with Crippen molar-refractivity contribution in [1.29, 1.82) is 0 Å². The Morgan fingerprint density at radius 1 is 1.50 bits per heavy atom. The molecule has 1 rings (SSSR count). The zero-order valence-electron chi connectivity index (χ0n) is 10.7. The smallest absolute Gasteiger partial charge is 0.274 e. The molecule has 0 aliphatic carbocycles. The maximum absolute atomic E-state index is 11.6. The summed E-state index contributed by atoms with van der Waals surface area (Å²) >= 11 is 0. The van der Waals surface area contributed by atoms with Crippen LogP contribution in [0.25, 0.3) is 0 Å². The number of anilines is 1. The van der Waals surface area contributed by atoms with E-state index in [4.69, 9.17) is 0 Å². The molecule has 6 nitrogen and oxygen atoms in total. The van der Waals surface area contributed by atoms with Gasteiger partial charge >= 0.3 is 0 Å². The number of nitro groups is 1. The van der Waals surface area contributed by atoms with Crippen LogP contribution in [0, 0.1) is 10.1 Å². The summed E-state index contributed by atoms with van der Waals surface area (Å²) < 4.78 is 0. The second-order valence-electron chi connectivity index (χ2n) is 3.95. The van der Waals surface area contributed by atoms with Gasteiger partial charge in [-0.1, -0.05) is 13.0 Å². The fraction of sp³-hybridized carbons (Fsp3) is 0.417. The van der Waals surface area contributed by atoms with Gasteiger partial charge in [0.2, 0.25) is 5.91 Å². The molecular formula is C12H17N3O3. The summed E-state index contributed by atoms with van der Waals surface area (Å²) in [6.45, 7) is 3.56. The van der Waals surface area contributed by atoms with Gasteiger partial charge in [0.25, 0.3) is 5.69 Å². The Morgan fingerprint density at radius 3 is 2.67 bits per heavy atom. The number of benzene rings is 1. The summed E-state index contributed by atoms with van der Waals surface area (Å²) in [7, 11) is 1.67. The Bertz CT molecular complexity index is 460. The number of carbonyl (C=O) groups is 1. The number of likely N-dealkylation sites (N-methyl/N-ethyl adjacent to an activating group) is 1. The molecule has 0 aromatic heterocycles. The first-order valence-corrected chi connectivity index (χ1v) is 5.75. The van der Waals surface area contributed by atoms with Gasteiger partial charge in [0.05, 0.1) is 11.0 Å². The first-order chi connectivity index (χ1) is 8.49. The second-order valence-corrected chi connectivity index (χ2v) is 3.95. The van der Waals surface area contributed by atoms with Crippen molar-refractivity contribution < 1.29 is 9.72 Å². The number of carbonyl (C=O) groups excluding carboxylic acids is 1. The average molecular weight is 251 g/mol. The summed E-state index contributed by atoms with van der Waals surface area (Å²) in [5.74, 6) is -0.226. The topological polar surface area (TPSA) is 84.3 Å². The van der Waals surface area contributed by atoms with Gasteiger partial charge in [0.1, 0.15) is 0 Å². The van der Waals surface area contributed by atoms with E-state index in [1.54, 1.807) is 26.1 Å². The predicted octanol–water partition coefficient (Wildman–Crippen LogP) is 1.70. The molecule has 0 saturated heterocycles. The number of amides is 1. The zero-order valence-corrected chi connectivity index (χ0v) is 10.7. The van der Waals surface area contributed by atoms with Gasteiger partial charge in [-0.25, -0.2) is 0 Å². The number of hydrogen-bond acceptors (Lipinski definition) is 4. The zero-order chi connectivity index (χ0) is 13.7. The molecule has 2 N–H and O–H groups in total. The third-order valence-corrected chi connectivity index (χ3v) is 2.76. The van der Waals surface area contributed by atoms with Gasteiger partial charge in [-0.15, -0.1) is 0 Å². The van der Waals surface area contributed by atoms with Crippen LogP contribution in [0.4, 0.5) is 11.4 Å². The van der Waals surface area contributed by atoms with Crippen LogP contribution in [0.2, 0.25) is 0 Å². The van der Waals surface area contributed by atoms with E-state index in [1.165, 1.54) is 6.07 Å². The number of nitrogens with zero attached hydrogens (tertiary/aromatic N) is 1. The van der Waals surface area contributed by atoms with E-state index in [9.17, 15) is 14.9 Å². The third-order valence-electron chi connectivity index (χ3n) is 2.76. The van der Waals surface area contributed by atoms with E-state index >= 15 is 0 Å². The Labute approximate surface area is 106 Å².